The van der Waals surface area contributed by atoms with E-state index in [9.17, 15) is 0 Å². The van der Waals surface area contributed by atoms with Crippen molar-refractivity contribution >= 4 is 0 Å². The van der Waals surface area contributed by atoms with E-state index in [4.69, 9.17) is 0 Å². The lowest BCUT2D eigenvalue weighted by Gasteiger charge is -2.23. The van der Waals surface area contributed by atoms with Gasteiger partial charge in [0.25, 0.3) is 0 Å². The van der Waals surface area contributed by atoms with Crippen molar-refractivity contribution in [2.24, 2.45) is 11.8 Å². The van der Waals surface area contributed by atoms with Crippen LogP contribution in [0.1, 0.15) is 34.1 Å². The van der Waals surface area contributed by atoms with E-state index in [0.717, 1.165) is 11.8 Å². The van der Waals surface area contributed by atoms with E-state index < -0.39 is 0 Å². The molecule has 0 N–H and O–H groups in total. The van der Waals surface area contributed by atoms with E-state index in [1.807, 2.05) is 0 Å². The summed E-state index contributed by atoms with van der Waals surface area (Å²) in [7, 11) is 0. The van der Waals surface area contributed by atoms with Gasteiger partial charge in [-0.25, -0.2) is 0 Å². The highest BCUT2D eigenvalue weighted by molar-refractivity contribution is 5.30. The Morgan fingerprint density at radius 2 is 2.09 bits per heavy atom. The Labute approximate surface area is 70.0 Å². The fourth-order valence-corrected chi connectivity index (χ4v) is 2.09. The van der Waals surface area contributed by atoms with Gasteiger partial charge in [0.2, 0.25) is 0 Å². The maximum absolute atomic E-state index is 2.32. The molecule has 1 rings (SSSR count). The standard InChI is InChI=1S/C11H18/c1-8(2)11-9(3)6-5-7-10(11)4/h5-6,8,10H,7H2,1-4H3. The first kappa shape index (κ1) is 8.58. The van der Waals surface area contributed by atoms with Crippen LogP contribution < -0.4 is 0 Å². The Bertz CT molecular complexity index is 194. The highest BCUT2D eigenvalue weighted by Gasteiger charge is 2.15. The van der Waals surface area contributed by atoms with Crippen LogP contribution in [-0.4, -0.2) is 0 Å². The molecule has 11 heavy (non-hydrogen) atoms. The Balaban J connectivity index is 2.91. The summed E-state index contributed by atoms with van der Waals surface area (Å²) in [5.41, 5.74) is 3.13. The smallest absolute Gasteiger partial charge is 0.0189 e. The van der Waals surface area contributed by atoms with Gasteiger partial charge in [-0.2, -0.15) is 0 Å². The molecule has 0 aromatic rings. The van der Waals surface area contributed by atoms with Crippen LogP contribution in [0, 0.1) is 11.8 Å². The van der Waals surface area contributed by atoms with Gasteiger partial charge in [0.1, 0.15) is 0 Å². The topological polar surface area (TPSA) is 0 Å². The van der Waals surface area contributed by atoms with E-state index in [-0.39, 0.29) is 0 Å². The van der Waals surface area contributed by atoms with Gasteiger partial charge in [-0.15, -0.1) is 0 Å². The first-order valence-electron chi connectivity index (χ1n) is 4.50. The van der Waals surface area contributed by atoms with E-state index in [0.29, 0.717) is 0 Å². The van der Waals surface area contributed by atoms with Crippen molar-refractivity contribution in [3.8, 4) is 0 Å². The molecule has 0 radical (unpaired) electrons. The summed E-state index contributed by atoms with van der Waals surface area (Å²) < 4.78 is 0. The number of hydrogen-bond donors (Lipinski definition) is 0. The summed E-state index contributed by atoms with van der Waals surface area (Å²) >= 11 is 0. The van der Waals surface area contributed by atoms with Crippen molar-refractivity contribution in [1.29, 1.82) is 0 Å². The summed E-state index contributed by atoms with van der Waals surface area (Å²) in [5, 5.41) is 0. The molecule has 1 aliphatic rings. The molecule has 0 heterocycles. The average Bonchev–Trinajstić information content (AvgIpc) is 1.85. The van der Waals surface area contributed by atoms with Crippen LogP contribution in [0.2, 0.25) is 0 Å². The SMILES string of the molecule is CC1=C(C(C)C)C(C)CC=C1. The molecule has 62 valence electrons. The predicted octanol–water partition coefficient (Wildman–Crippen LogP) is 3.55. The third-order valence-corrected chi connectivity index (χ3v) is 2.47. The van der Waals surface area contributed by atoms with Crippen LogP contribution in [0.5, 0.6) is 0 Å². The van der Waals surface area contributed by atoms with E-state index in [2.05, 4.69) is 39.8 Å². The molecular weight excluding hydrogens is 132 g/mol. The van der Waals surface area contributed by atoms with Crippen molar-refractivity contribution in [2.75, 3.05) is 0 Å². The Morgan fingerprint density at radius 3 is 2.45 bits per heavy atom. The van der Waals surface area contributed by atoms with Gasteiger partial charge in [-0.05, 0) is 25.2 Å². The third kappa shape index (κ3) is 1.74. The minimum Gasteiger partial charge on any atom is -0.0837 e. The van der Waals surface area contributed by atoms with E-state index in [1.165, 1.54) is 12.0 Å². The lowest BCUT2D eigenvalue weighted by Crippen LogP contribution is -2.09. The monoisotopic (exact) mass is 150 g/mol. The highest BCUT2D eigenvalue weighted by atomic mass is 14.2. The van der Waals surface area contributed by atoms with Crippen LogP contribution in [0.3, 0.4) is 0 Å². The lowest BCUT2D eigenvalue weighted by atomic mass is 9.82. The minimum absolute atomic E-state index is 0.718. The molecule has 0 aromatic heterocycles. The minimum atomic E-state index is 0.718. The van der Waals surface area contributed by atoms with Crippen LogP contribution in [0.15, 0.2) is 23.3 Å². The van der Waals surface area contributed by atoms with Crippen LogP contribution in [0.25, 0.3) is 0 Å². The lowest BCUT2D eigenvalue weighted by molar-refractivity contribution is 0.575. The first-order chi connectivity index (χ1) is 5.13. The quantitative estimate of drug-likeness (QED) is 0.536. The second-order valence-corrected chi connectivity index (χ2v) is 3.83. The maximum Gasteiger partial charge on any atom is -0.0189 e. The van der Waals surface area contributed by atoms with Crippen molar-refractivity contribution in [1.82, 2.24) is 0 Å². The van der Waals surface area contributed by atoms with Gasteiger partial charge in [0, 0.05) is 0 Å². The van der Waals surface area contributed by atoms with Crippen molar-refractivity contribution in [2.45, 2.75) is 34.1 Å². The fraction of sp³-hybridized carbons (Fsp3) is 0.636. The molecule has 0 aromatic carbocycles. The summed E-state index contributed by atoms with van der Waals surface area (Å²) in [6.45, 7) is 9.12. The summed E-state index contributed by atoms with van der Waals surface area (Å²) in [6.07, 6.45) is 5.77. The Kier molecular flexibility index (Phi) is 2.53. The second-order valence-electron chi connectivity index (χ2n) is 3.83. The molecule has 0 nitrogen and oxygen atoms in total. The van der Waals surface area contributed by atoms with Gasteiger partial charge in [0.15, 0.2) is 0 Å². The Hall–Kier alpha value is -0.520. The van der Waals surface area contributed by atoms with Crippen molar-refractivity contribution in [3.05, 3.63) is 23.3 Å². The zero-order valence-corrected chi connectivity index (χ0v) is 8.02. The van der Waals surface area contributed by atoms with Crippen molar-refractivity contribution in [3.63, 3.8) is 0 Å². The first-order valence-corrected chi connectivity index (χ1v) is 4.50. The third-order valence-electron chi connectivity index (χ3n) is 2.47. The predicted molar refractivity (Wildman–Crippen MR) is 50.5 cm³/mol. The number of hydrogen-bond acceptors (Lipinski definition) is 0. The summed E-state index contributed by atoms with van der Waals surface area (Å²) in [6, 6.07) is 0. The molecule has 0 fully saturated rings. The molecule has 0 amide bonds. The van der Waals surface area contributed by atoms with Gasteiger partial charge in [-0.3, -0.25) is 0 Å². The molecule has 0 aliphatic heterocycles. The van der Waals surface area contributed by atoms with Crippen LogP contribution in [0.4, 0.5) is 0 Å². The number of rotatable bonds is 1. The molecule has 0 saturated heterocycles. The normalized spacial score (nSPS) is 25.0. The highest BCUT2D eigenvalue weighted by Crippen LogP contribution is 2.30. The van der Waals surface area contributed by atoms with Gasteiger partial charge < -0.3 is 0 Å². The molecular formula is C11H18. The largest absolute Gasteiger partial charge is 0.0837 e. The van der Waals surface area contributed by atoms with E-state index in [1.54, 1.807) is 5.57 Å². The maximum atomic E-state index is 2.32. The van der Waals surface area contributed by atoms with Crippen LogP contribution in [-0.2, 0) is 0 Å². The molecule has 0 bridgehead atoms. The van der Waals surface area contributed by atoms with Crippen molar-refractivity contribution < 1.29 is 0 Å². The molecule has 0 heteroatoms. The second kappa shape index (κ2) is 3.25. The van der Waals surface area contributed by atoms with Gasteiger partial charge in [-0.1, -0.05) is 44.1 Å². The van der Waals surface area contributed by atoms with Crippen LogP contribution >= 0.6 is 0 Å². The van der Waals surface area contributed by atoms with E-state index >= 15 is 0 Å². The molecule has 1 atom stereocenters. The zero-order chi connectivity index (χ0) is 8.43. The Morgan fingerprint density at radius 1 is 1.45 bits per heavy atom. The van der Waals surface area contributed by atoms with Gasteiger partial charge in [0.05, 0.1) is 0 Å². The number of allylic oxidation sites excluding steroid dienone is 4. The van der Waals surface area contributed by atoms with Gasteiger partial charge >= 0.3 is 0 Å². The fourth-order valence-electron chi connectivity index (χ4n) is 2.09. The summed E-state index contributed by atoms with van der Waals surface area (Å²) in [4.78, 5) is 0. The molecule has 1 aliphatic carbocycles. The zero-order valence-electron chi connectivity index (χ0n) is 8.02. The molecule has 0 saturated carbocycles. The summed E-state index contributed by atoms with van der Waals surface area (Å²) in [5.74, 6) is 1.48. The average molecular weight is 150 g/mol. The molecule has 0 spiro atoms. The molecule has 1 unspecified atom stereocenters.